The zero-order valence-corrected chi connectivity index (χ0v) is 8.43. The molecule has 0 saturated heterocycles. The highest BCUT2D eigenvalue weighted by Crippen LogP contribution is 1.99. The summed E-state index contributed by atoms with van der Waals surface area (Å²) in [5.41, 5.74) is 6.52. The maximum Gasteiger partial charge on any atom is 0.263 e. The molecule has 0 aliphatic rings. The number of aromatic nitrogens is 4. The number of rotatable bonds is 3. The van der Waals surface area contributed by atoms with Crippen LogP contribution in [0.2, 0.25) is 0 Å². The van der Waals surface area contributed by atoms with Crippen LogP contribution in [0.1, 0.15) is 5.56 Å². The average Bonchev–Trinajstić information content (AvgIpc) is 2.72. The van der Waals surface area contributed by atoms with Crippen molar-refractivity contribution in [2.45, 2.75) is 0 Å². The fraction of sp³-hybridized carbons (Fsp3) is 0. The lowest BCUT2D eigenvalue weighted by Gasteiger charge is -1.89. The van der Waals surface area contributed by atoms with E-state index in [1.54, 1.807) is 12.3 Å². The van der Waals surface area contributed by atoms with E-state index in [9.17, 15) is 0 Å². The predicted molar refractivity (Wildman–Crippen MR) is 61.6 cm³/mol. The van der Waals surface area contributed by atoms with E-state index in [0.717, 1.165) is 10.4 Å². The number of tetrazole rings is 1. The van der Waals surface area contributed by atoms with E-state index in [0.29, 0.717) is 0 Å². The minimum absolute atomic E-state index is 0.157. The van der Waals surface area contributed by atoms with Crippen LogP contribution in [0.15, 0.2) is 41.5 Å². The normalized spacial score (nSPS) is 11.5. The summed E-state index contributed by atoms with van der Waals surface area (Å²) in [5.74, 6) is 0.157. The van der Waals surface area contributed by atoms with Gasteiger partial charge in [-0.2, -0.15) is 5.10 Å². The minimum atomic E-state index is 0.157. The fourth-order valence-electron chi connectivity index (χ4n) is 1.09. The molecule has 2 aromatic rings. The van der Waals surface area contributed by atoms with E-state index in [1.807, 2.05) is 36.4 Å². The van der Waals surface area contributed by atoms with Crippen LogP contribution in [0.3, 0.4) is 0 Å². The first-order chi connectivity index (χ1) is 7.86. The summed E-state index contributed by atoms with van der Waals surface area (Å²) in [5, 5.41) is 14.3. The second kappa shape index (κ2) is 4.83. The van der Waals surface area contributed by atoms with Gasteiger partial charge in [-0.3, -0.25) is 0 Å². The third kappa shape index (κ3) is 2.50. The molecule has 0 atom stereocenters. The Hall–Kier alpha value is -2.50. The molecule has 0 aliphatic carbocycles. The summed E-state index contributed by atoms with van der Waals surface area (Å²) in [6.07, 6.45) is 5.28. The third-order valence-corrected chi connectivity index (χ3v) is 1.83. The molecular weight excluding hydrogens is 204 g/mol. The van der Waals surface area contributed by atoms with Crippen molar-refractivity contribution in [2.24, 2.45) is 5.10 Å². The highest BCUT2D eigenvalue weighted by molar-refractivity contribution is 5.78. The predicted octanol–water partition coefficient (Wildman–Crippen LogP) is 0.803. The largest absolute Gasteiger partial charge is 0.365 e. The van der Waals surface area contributed by atoms with E-state index in [4.69, 9.17) is 5.73 Å². The van der Waals surface area contributed by atoms with Gasteiger partial charge in [-0.15, -0.1) is 0 Å². The molecule has 0 bridgehead atoms. The SMILES string of the molecule is Nc1nnnn1N=C/C=C\c1ccccc1. The van der Waals surface area contributed by atoms with Crippen molar-refractivity contribution in [1.82, 2.24) is 20.3 Å². The zero-order valence-electron chi connectivity index (χ0n) is 8.43. The number of anilines is 1. The quantitative estimate of drug-likeness (QED) is 0.766. The molecule has 16 heavy (non-hydrogen) atoms. The Morgan fingerprint density at radius 2 is 2.06 bits per heavy atom. The smallest absolute Gasteiger partial charge is 0.263 e. The monoisotopic (exact) mass is 214 g/mol. The van der Waals surface area contributed by atoms with Gasteiger partial charge in [0, 0.05) is 6.21 Å². The van der Waals surface area contributed by atoms with Crippen molar-refractivity contribution in [3.05, 3.63) is 42.0 Å². The summed E-state index contributed by atoms with van der Waals surface area (Å²) in [6.45, 7) is 0. The van der Waals surface area contributed by atoms with Crippen molar-refractivity contribution in [3.8, 4) is 0 Å². The van der Waals surface area contributed by atoms with E-state index in [2.05, 4.69) is 20.6 Å². The van der Waals surface area contributed by atoms with Crippen LogP contribution in [0, 0.1) is 0 Å². The third-order valence-electron chi connectivity index (χ3n) is 1.83. The molecule has 6 heteroatoms. The Morgan fingerprint density at radius 1 is 1.25 bits per heavy atom. The summed E-state index contributed by atoms with van der Waals surface area (Å²) >= 11 is 0. The van der Waals surface area contributed by atoms with E-state index in [-0.39, 0.29) is 5.95 Å². The van der Waals surface area contributed by atoms with E-state index < -0.39 is 0 Å². The topological polar surface area (TPSA) is 82.0 Å². The molecule has 2 rings (SSSR count). The van der Waals surface area contributed by atoms with Gasteiger partial charge < -0.3 is 5.73 Å². The second-order valence-electron chi connectivity index (χ2n) is 2.96. The lowest BCUT2D eigenvalue weighted by atomic mass is 10.2. The molecule has 0 spiro atoms. The first-order valence-corrected chi connectivity index (χ1v) is 4.66. The van der Waals surface area contributed by atoms with Crippen molar-refractivity contribution < 1.29 is 0 Å². The Morgan fingerprint density at radius 3 is 2.75 bits per heavy atom. The van der Waals surface area contributed by atoms with Crippen LogP contribution >= 0.6 is 0 Å². The van der Waals surface area contributed by atoms with Gasteiger partial charge in [0.15, 0.2) is 0 Å². The van der Waals surface area contributed by atoms with Crippen LogP contribution in [0.4, 0.5) is 5.95 Å². The Balaban J connectivity index is 2.00. The zero-order chi connectivity index (χ0) is 11.2. The van der Waals surface area contributed by atoms with Crippen molar-refractivity contribution >= 4 is 18.2 Å². The van der Waals surface area contributed by atoms with Crippen molar-refractivity contribution in [1.29, 1.82) is 0 Å². The molecular formula is C10H10N6. The molecule has 0 saturated carbocycles. The maximum absolute atomic E-state index is 5.42. The standard InChI is InChI=1S/C10H10N6/c11-10-13-14-15-16(10)12-8-4-7-9-5-2-1-3-6-9/h1-8H,(H2,11,13,15)/b7-4-,12-8?. The molecule has 80 valence electrons. The molecule has 0 fully saturated rings. The van der Waals surface area contributed by atoms with Crippen LogP contribution in [-0.2, 0) is 0 Å². The summed E-state index contributed by atoms with van der Waals surface area (Å²) in [4.78, 5) is 1.15. The lowest BCUT2D eigenvalue weighted by Crippen LogP contribution is -1.98. The van der Waals surface area contributed by atoms with Gasteiger partial charge in [-0.25, -0.2) is 0 Å². The second-order valence-corrected chi connectivity index (χ2v) is 2.96. The first kappa shape index (κ1) is 10.0. The average molecular weight is 214 g/mol. The van der Waals surface area contributed by atoms with Gasteiger partial charge in [0.2, 0.25) is 0 Å². The molecule has 0 amide bonds. The summed E-state index contributed by atoms with van der Waals surface area (Å²) < 4.78 is 0. The number of hydrogen-bond donors (Lipinski definition) is 1. The molecule has 0 radical (unpaired) electrons. The first-order valence-electron chi connectivity index (χ1n) is 4.66. The Kier molecular flexibility index (Phi) is 3.03. The number of nitrogen functional groups attached to an aromatic ring is 1. The van der Waals surface area contributed by atoms with Crippen LogP contribution in [-0.4, -0.2) is 26.5 Å². The van der Waals surface area contributed by atoms with Crippen LogP contribution in [0.25, 0.3) is 6.08 Å². The van der Waals surface area contributed by atoms with Crippen molar-refractivity contribution in [3.63, 3.8) is 0 Å². The minimum Gasteiger partial charge on any atom is -0.365 e. The fourth-order valence-corrected chi connectivity index (χ4v) is 1.09. The van der Waals surface area contributed by atoms with Gasteiger partial charge in [0.1, 0.15) is 0 Å². The molecule has 1 heterocycles. The van der Waals surface area contributed by atoms with Crippen LogP contribution in [0.5, 0.6) is 0 Å². The van der Waals surface area contributed by atoms with Gasteiger partial charge in [0.05, 0.1) is 0 Å². The molecule has 1 aromatic carbocycles. The molecule has 6 nitrogen and oxygen atoms in total. The number of benzene rings is 1. The summed E-state index contributed by atoms with van der Waals surface area (Å²) in [6, 6.07) is 9.89. The summed E-state index contributed by atoms with van der Waals surface area (Å²) in [7, 11) is 0. The number of allylic oxidation sites excluding steroid dienone is 1. The Bertz CT molecular complexity index is 499. The van der Waals surface area contributed by atoms with Crippen molar-refractivity contribution in [2.75, 3.05) is 5.73 Å². The van der Waals surface area contributed by atoms with Crippen LogP contribution < -0.4 is 5.73 Å². The van der Waals surface area contributed by atoms with E-state index in [1.165, 1.54) is 0 Å². The number of nitrogens with two attached hydrogens (primary N) is 1. The molecule has 1 aromatic heterocycles. The lowest BCUT2D eigenvalue weighted by molar-refractivity contribution is 0.700. The van der Waals surface area contributed by atoms with Gasteiger partial charge in [-0.1, -0.05) is 46.3 Å². The maximum atomic E-state index is 5.42. The Labute approximate surface area is 92.1 Å². The van der Waals surface area contributed by atoms with Gasteiger partial charge in [0.25, 0.3) is 5.95 Å². The highest BCUT2D eigenvalue weighted by Gasteiger charge is 1.94. The molecule has 0 aliphatic heterocycles. The highest BCUT2D eigenvalue weighted by atomic mass is 15.7. The van der Waals surface area contributed by atoms with Gasteiger partial charge in [-0.05, 0) is 22.1 Å². The van der Waals surface area contributed by atoms with Gasteiger partial charge >= 0.3 is 0 Å². The van der Waals surface area contributed by atoms with E-state index >= 15 is 0 Å². The number of nitrogens with zero attached hydrogens (tertiary/aromatic N) is 5. The molecule has 0 unspecified atom stereocenters. The molecule has 2 N–H and O–H groups in total. The number of hydrogen-bond acceptors (Lipinski definition) is 5.